The molecule has 4 heteroatoms. The highest BCUT2D eigenvalue weighted by Gasteiger charge is 1.99. The lowest BCUT2D eigenvalue weighted by Crippen LogP contribution is -1.91. The van der Waals surface area contributed by atoms with Crippen molar-refractivity contribution in [2.75, 3.05) is 7.11 Å². The molecule has 0 unspecified atom stereocenters. The van der Waals surface area contributed by atoms with Crippen LogP contribution in [0.3, 0.4) is 0 Å². The molecule has 0 aliphatic rings. The SMILES string of the molecule is COc1c(C)cncc1C.N=O. The molecule has 66 valence electrons. The molecule has 0 fully saturated rings. The first kappa shape index (κ1) is 10.6. The topological polar surface area (TPSA) is 63.0 Å². The van der Waals surface area contributed by atoms with Gasteiger partial charge in [0.25, 0.3) is 0 Å². The van der Waals surface area contributed by atoms with Gasteiger partial charge in [-0.05, 0) is 13.8 Å². The molecule has 0 aromatic carbocycles. The lowest BCUT2D eigenvalue weighted by Gasteiger charge is -2.05. The van der Waals surface area contributed by atoms with E-state index in [1.165, 1.54) is 0 Å². The Morgan fingerprint density at radius 3 is 1.92 bits per heavy atom. The molecule has 0 radical (unpaired) electrons. The first-order chi connectivity index (χ1) is 5.75. The highest BCUT2D eigenvalue weighted by atomic mass is 16.5. The Kier molecular flexibility index (Phi) is 4.60. The second-order valence-electron chi connectivity index (χ2n) is 2.31. The molecular weight excluding hydrogens is 156 g/mol. The molecule has 1 aromatic rings. The maximum atomic E-state index is 7.50. The average molecular weight is 168 g/mol. The highest BCUT2D eigenvalue weighted by molar-refractivity contribution is 5.36. The molecule has 0 atom stereocenters. The Hall–Kier alpha value is -1.45. The Morgan fingerprint density at radius 2 is 1.67 bits per heavy atom. The van der Waals surface area contributed by atoms with E-state index in [9.17, 15) is 0 Å². The average Bonchev–Trinajstić information content (AvgIpc) is 2.08. The lowest BCUT2D eigenvalue weighted by atomic mass is 10.2. The van der Waals surface area contributed by atoms with Gasteiger partial charge >= 0.3 is 0 Å². The zero-order valence-electron chi connectivity index (χ0n) is 7.42. The maximum Gasteiger partial charge on any atom is 0.127 e. The molecule has 0 bridgehead atoms. The number of nitrogens with zero attached hydrogens (tertiary/aromatic N) is 1. The zero-order chi connectivity index (χ0) is 9.56. The van der Waals surface area contributed by atoms with E-state index in [-0.39, 0.29) is 0 Å². The van der Waals surface area contributed by atoms with Gasteiger partial charge in [-0.1, -0.05) is 5.59 Å². The summed E-state index contributed by atoms with van der Waals surface area (Å²) in [6.45, 7) is 3.97. The quantitative estimate of drug-likeness (QED) is 0.652. The summed E-state index contributed by atoms with van der Waals surface area (Å²) in [5.74, 6) is 0.940. The summed E-state index contributed by atoms with van der Waals surface area (Å²) in [6, 6.07) is 0. The fourth-order valence-corrected chi connectivity index (χ4v) is 1.01. The number of nitroso groups, excluding NO2 is 1. The van der Waals surface area contributed by atoms with Crippen molar-refractivity contribution in [3.8, 4) is 5.75 Å². The summed E-state index contributed by atoms with van der Waals surface area (Å²) in [7, 11) is 1.68. The molecule has 1 aromatic heterocycles. The van der Waals surface area contributed by atoms with E-state index in [1.54, 1.807) is 19.5 Å². The van der Waals surface area contributed by atoms with E-state index in [1.807, 2.05) is 13.8 Å². The third kappa shape index (κ3) is 2.30. The van der Waals surface area contributed by atoms with Crippen molar-refractivity contribution in [1.29, 1.82) is 5.59 Å². The van der Waals surface area contributed by atoms with Crippen LogP contribution in [0, 0.1) is 24.3 Å². The van der Waals surface area contributed by atoms with Crippen LogP contribution >= 0.6 is 0 Å². The van der Waals surface area contributed by atoms with Gasteiger partial charge in [0.15, 0.2) is 0 Å². The van der Waals surface area contributed by atoms with E-state index in [2.05, 4.69) is 10.6 Å². The minimum atomic E-state index is 0.940. The molecule has 0 aliphatic carbocycles. The maximum absolute atomic E-state index is 7.50. The highest BCUT2D eigenvalue weighted by Crippen LogP contribution is 2.19. The minimum absolute atomic E-state index is 0.940. The van der Waals surface area contributed by atoms with E-state index in [0.29, 0.717) is 0 Å². The lowest BCUT2D eigenvalue weighted by molar-refractivity contribution is 0.408. The van der Waals surface area contributed by atoms with Gasteiger partial charge in [0.1, 0.15) is 5.75 Å². The van der Waals surface area contributed by atoms with Gasteiger partial charge in [-0.25, -0.2) is 0 Å². The van der Waals surface area contributed by atoms with Crippen LogP contribution < -0.4 is 4.74 Å². The summed E-state index contributed by atoms with van der Waals surface area (Å²) in [6.07, 6.45) is 3.59. The molecule has 0 saturated carbocycles. The number of aromatic nitrogens is 1. The van der Waals surface area contributed by atoms with Crippen LogP contribution in [0.1, 0.15) is 11.1 Å². The minimum Gasteiger partial charge on any atom is -0.496 e. The monoisotopic (exact) mass is 168 g/mol. The molecule has 0 spiro atoms. The summed E-state index contributed by atoms with van der Waals surface area (Å²) in [5, 5.41) is 0. The number of aryl methyl sites for hydroxylation is 2. The molecule has 12 heavy (non-hydrogen) atoms. The van der Waals surface area contributed by atoms with Crippen LogP contribution in [0.25, 0.3) is 0 Å². The van der Waals surface area contributed by atoms with Crippen LogP contribution in [-0.2, 0) is 0 Å². The predicted molar refractivity (Wildman–Crippen MR) is 46.3 cm³/mol. The molecule has 0 amide bonds. The van der Waals surface area contributed by atoms with Gasteiger partial charge in [0.2, 0.25) is 0 Å². The van der Waals surface area contributed by atoms with E-state index in [4.69, 9.17) is 9.64 Å². The Morgan fingerprint density at radius 1 is 1.25 bits per heavy atom. The fourth-order valence-electron chi connectivity index (χ4n) is 1.01. The predicted octanol–water partition coefficient (Wildman–Crippen LogP) is 2.04. The Labute approximate surface area is 71.4 Å². The van der Waals surface area contributed by atoms with E-state index in [0.717, 1.165) is 16.9 Å². The zero-order valence-corrected chi connectivity index (χ0v) is 7.42. The van der Waals surface area contributed by atoms with Crippen LogP contribution in [-0.4, -0.2) is 12.1 Å². The van der Waals surface area contributed by atoms with Crippen LogP contribution in [0.4, 0.5) is 0 Å². The normalized spacial score (nSPS) is 8.25. The number of hydrogen-bond acceptors (Lipinski definition) is 4. The Balaban J connectivity index is 0.000000561. The van der Waals surface area contributed by atoms with Gasteiger partial charge in [-0.15, -0.1) is 0 Å². The third-order valence-electron chi connectivity index (χ3n) is 1.46. The van der Waals surface area contributed by atoms with Crippen molar-refractivity contribution in [1.82, 2.24) is 4.98 Å². The van der Waals surface area contributed by atoms with Crippen molar-refractivity contribution in [3.05, 3.63) is 28.4 Å². The molecule has 1 rings (SSSR count). The van der Waals surface area contributed by atoms with Gasteiger partial charge < -0.3 is 4.74 Å². The molecular formula is C8H12N2O2. The smallest absolute Gasteiger partial charge is 0.127 e. The molecule has 1 heterocycles. The van der Waals surface area contributed by atoms with Gasteiger partial charge in [-0.3, -0.25) is 4.98 Å². The first-order valence-electron chi connectivity index (χ1n) is 3.41. The number of methoxy groups -OCH3 is 1. The Bertz CT molecular complexity index is 231. The van der Waals surface area contributed by atoms with Crippen molar-refractivity contribution < 1.29 is 4.74 Å². The fraction of sp³-hybridized carbons (Fsp3) is 0.375. The molecule has 0 saturated heterocycles. The molecule has 4 nitrogen and oxygen atoms in total. The summed E-state index contributed by atoms with van der Waals surface area (Å²) in [4.78, 5) is 11.5. The van der Waals surface area contributed by atoms with Crippen molar-refractivity contribution in [2.24, 2.45) is 0 Å². The number of pyridine rings is 1. The largest absolute Gasteiger partial charge is 0.496 e. The number of nitrogens with one attached hydrogen (secondary N) is 1. The standard InChI is InChI=1S/C8H11NO.HNO/c1-6-4-9-5-7(2)8(6)10-3;1-2/h4-5H,1-3H3;1H. The van der Waals surface area contributed by atoms with Gasteiger partial charge in [0, 0.05) is 23.5 Å². The second-order valence-corrected chi connectivity index (χ2v) is 2.31. The van der Waals surface area contributed by atoms with E-state index < -0.39 is 0 Å². The molecule has 0 aliphatic heterocycles. The second kappa shape index (κ2) is 5.23. The summed E-state index contributed by atoms with van der Waals surface area (Å²) in [5.41, 5.74) is 6.67. The third-order valence-corrected chi connectivity index (χ3v) is 1.46. The van der Waals surface area contributed by atoms with Crippen LogP contribution in [0.2, 0.25) is 0 Å². The van der Waals surface area contributed by atoms with E-state index >= 15 is 0 Å². The van der Waals surface area contributed by atoms with Gasteiger partial charge in [-0.2, -0.15) is 4.91 Å². The number of ether oxygens (including phenoxy) is 1. The van der Waals surface area contributed by atoms with Crippen LogP contribution in [0.15, 0.2) is 12.4 Å². The summed E-state index contributed by atoms with van der Waals surface area (Å²) >= 11 is 0. The first-order valence-corrected chi connectivity index (χ1v) is 3.41. The number of rotatable bonds is 1. The van der Waals surface area contributed by atoms with Crippen molar-refractivity contribution in [3.63, 3.8) is 0 Å². The van der Waals surface area contributed by atoms with Crippen molar-refractivity contribution in [2.45, 2.75) is 13.8 Å². The summed E-state index contributed by atoms with van der Waals surface area (Å²) < 4.78 is 5.14. The van der Waals surface area contributed by atoms with Gasteiger partial charge in [0.05, 0.1) is 7.11 Å². The van der Waals surface area contributed by atoms with Crippen molar-refractivity contribution >= 4 is 0 Å². The molecule has 1 N–H and O–H groups in total. The number of hydrogen-bond donors (Lipinski definition) is 1. The van der Waals surface area contributed by atoms with Crippen LogP contribution in [0.5, 0.6) is 5.75 Å².